The van der Waals surface area contributed by atoms with Crippen molar-refractivity contribution in [2.45, 2.75) is 18.9 Å². The zero-order valence-corrected chi connectivity index (χ0v) is 18.8. The molecular weight excluding hydrogens is 460 g/mol. The van der Waals surface area contributed by atoms with Crippen LogP contribution in [0.4, 0.5) is 5.69 Å². The van der Waals surface area contributed by atoms with Gasteiger partial charge in [-0.3, -0.25) is 9.69 Å². The SMILES string of the molecule is COc1cccc(OC)c1OC1CCN(CC(=O)Nc2ccc(Br)cc2Cl)CC1. The average Bonchev–Trinajstić information content (AvgIpc) is 2.71. The molecule has 0 bridgehead atoms. The van der Waals surface area contributed by atoms with Gasteiger partial charge in [0.1, 0.15) is 6.10 Å². The van der Waals surface area contributed by atoms with E-state index in [1.54, 1.807) is 26.4 Å². The van der Waals surface area contributed by atoms with Crippen LogP contribution in [0, 0.1) is 0 Å². The van der Waals surface area contributed by atoms with Crippen molar-refractivity contribution in [1.82, 2.24) is 4.90 Å². The summed E-state index contributed by atoms with van der Waals surface area (Å²) in [5.74, 6) is 1.84. The van der Waals surface area contributed by atoms with Crippen molar-refractivity contribution in [3.8, 4) is 17.2 Å². The van der Waals surface area contributed by atoms with Crippen molar-refractivity contribution < 1.29 is 19.0 Å². The van der Waals surface area contributed by atoms with Gasteiger partial charge in [0.25, 0.3) is 0 Å². The van der Waals surface area contributed by atoms with Crippen molar-refractivity contribution >= 4 is 39.1 Å². The second-order valence-corrected chi connectivity index (χ2v) is 8.08. The first-order chi connectivity index (χ1) is 14.0. The van der Waals surface area contributed by atoms with Crippen LogP contribution in [0.15, 0.2) is 40.9 Å². The van der Waals surface area contributed by atoms with E-state index in [1.165, 1.54) is 0 Å². The lowest BCUT2D eigenvalue weighted by molar-refractivity contribution is -0.117. The number of carbonyl (C=O) groups is 1. The summed E-state index contributed by atoms with van der Waals surface area (Å²) in [5.41, 5.74) is 0.612. The molecule has 0 spiro atoms. The monoisotopic (exact) mass is 482 g/mol. The third-order valence-electron chi connectivity index (χ3n) is 4.77. The van der Waals surface area contributed by atoms with Gasteiger partial charge >= 0.3 is 0 Å². The number of methoxy groups -OCH3 is 2. The number of likely N-dealkylation sites (tertiary alicyclic amines) is 1. The Bertz CT molecular complexity index is 834. The van der Waals surface area contributed by atoms with Crippen LogP contribution in [0.25, 0.3) is 0 Å². The van der Waals surface area contributed by atoms with E-state index >= 15 is 0 Å². The van der Waals surface area contributed by atoms with Gasteiger partial charge in [-0.2, -0.15) is 0 Å². The Kier molecular flexibility index (Phi) is 7.64. The predicted octanol–water partition coefficient (Wildman–Crippen LogP) is 4.60. The molecule has 156 valence electrons. The van der Waals surface area contributed by atoms with Crippen LogP contribution in [0.5, 0.6) is 17.2 Å². The lowest BCUT2D eigenvalue weighted by Gasteiger charge is -2.32. The van der Waals surface area contributed by atoms with Crippen LogP contribution in [-0.4, -0.2) is 50.8 Å². The first-order valence-corrected chi connectivity index (χ1v) is 10.5. The zero-order valence-electron chi connectivity index (χ0n) is 16.4. The number of anilines is 1. The molecule has 8 heteroatoms. The minimum Gasteiger partial charge on any atom is -0.493 e. The summed E-state index contributed by atoms with van der Waals surface area (Å²) in [4.78, 5) is 14.5. The predicted molar refractivity (Wildman–Crippen MR) is 117 cm³/mol. The van der Waals surface area contributed by atoms with E-state index in [1.807, 2.05) is 24.3 Å². The number of rotatable bonds is 7. The number of piperidine rings is 1. The third-order valence-corrected chi connectivity index (χ3v) is 5.58. The van der Waals surface area contributed by atoms with Crippen LogP contribution in [0.1, 0.15) is 12.8 Å². The Morgan fingerprint density at radius 3 is 2.41 bits per heavy atom. The molecule has 0 radical (unpaired) electrons. The van der Waals surface area contributed by atoms with E-state index in [9.17, 15) is 4.79 Å². The van der Waals surface area contributed by atoms with Crippen molar-refractivity contribution in [3.63, 3.8) is 0 Å². The number of nitrogens with one attached hydrogen (secondary N) is 1. The first-order valence-electron chi connectivity index (χ1n) is 9.35. The smallest absolute Gasteiger partial charge is 0.238 e. The molecule has 2 aromatic rings. The molecule has 1 aliphatic heterocycles. The number of ether oxygens (including phenoxy) is 3. The number of carbonyl (C=O) groups excluding carboxylic acids is 1. The molecule has 0 aromatic heterocycles. The van der Waals surface area contributed by atoms with Gasteiger partial charge in [-0.15, -0.1) is 0 Å². The highest BCUT2D eigenvalue weighted by atomic mass is 79.9. The number of benzene rings is 2. The Hall–Kier alpha value is -1.96. The second kappa shape index (κ2) is 10.2. The normalized spacial score (nSPS) is 15.0. The van der Waals surface area contributed by atoms with Gasteiger partial charge < -0.3 is 19.5 Å². The molecule has 1 aliphatic rings. The second-order valence-electron chi connectivity index (χ2n) is 6.76. The number of amides is 1. The number of nitrogens with zero attached hydrogens (tertiary/aromatic N) is 1. The largest absolute Gasteiger partial charge is 0.493 e. The molecule has 6 nitrogen and oxygen atoms in total. The van der Waals surface area contributed by atoms with Gasteiger partial charge in [0.15, 0.2) is 11.5 Å². The highest BCUT2D eigenvalue weighted by Gasteiger charge is 2.24. The number of halogens is 2. The molecule has 1 amide bonds. The van der Waals surface area contributed by atoms with Crippen LogP contribution in [0.2, 0.25) is 5.02 Å². The molecular formula is C21H24BrClN2O4. The fourth-order valence-electron chi connectivity index (χ4n) is 3.27. The van der Waals surface area contributed by atoms with Crippen molar-refractivity contribution in [2.75, 3.05) is 39.2 Å². The minimum absolute atomic E-state index is 0.0421. The molecule has 1 N–H and O–H groups in total. The summed E-state index contributed by atoms with van der Waals surface area (Å²) in [6.45, 7) is 1.85. The van der Waals surface area contributed by atoms with E-state index in [0.717, 1.165) is 30.4 Å². The van der Waals surface area contributed by atoms with Gasteiger partial charge in [-0.1, -0.05) is 33.6 Å². The van der Waals surface area contributed by atoms with E-state index < -0.39 is 0 Å². The third kappa shape index (κ3) is 5.78. The lowest BCUT2D eigenvalue weighted by Crippen LogP contribution is -2.42. The van der Waals surface area contributed by atoms with E-state index in [4.69, 9.17) is 25.8 Å². The number of hydrogen-bond donors (Lipinski definition) is 1. The Morgan fingerprint density at radius 2 is 1.83 bits per heavy atom. The minimum atomic E-state index is -0.0833. The Labute approximate surface area is 184 Å². The maximum absolute atomic E-state index is 12.4. The molecule has 0 saturated carbocycles. The molecule has 1 heterocycles. The molecule has 1 saturated heterocycles. The van der Waals surface area contributed by atoms with E-state index in [0.29, 0.717) is 34.5 Å². The van der Waals surface area contributed by atoms with Gasteiger partial charge in [0, 0.05) is 17.6 Å². The van der Waals surface area contributed by atoms with Gasteiger partial charge in [-0.25, -0.2) is 0 Å². The fraction of sp³-hybridized carbons (Fsp3) is 0.381. The van der Waals surface area contributed by atoms with Crippen molar-refractivity contribution in [1.29, 1.82) is 0 Å². The van der Waals surface area contributed by atoms with Gasteiger partial charge in [0.2, 0.25) is 11.7 Å². The maximum Gasteiger partial charge on any atom is 0.238 e. The molecule has 1 fully saturated rings. The summed E-state index contributed by atoms with van der Waals surface area (Å²) < 4.78 is 17.8. The number of para-hydroxylation sites is 1. The summed E-state index contributed by atoms with van der Waals surface area (Å²) >= 11 is 9.52. The molecule has 0 aliphatic carbocycles. The van der Waals surface area contributed by atoms with E-state index in [2.05, 4.69) is 26.1 Å². The first kappa shape index (κ1) is 21.7. The van der Waals surface area contributed by atoms with Gasteiger partial charge in [0.05, 0.1) is 31.5 Å². The van der Waals surface area contributed by atoms with Crippen LogP contribution >= 0.6 is 27.5 Å². The highest BCUT2D eigenvalue weighted by molar-refractivity contribution is 9.10. The number of hydrogen-bond acceptors (Lipinski definition) is 5. The summed E-state index contributed by atoms with van der Waals surface area (Å²) in [7, 11) is 3.22. The Morgan fingerprint density at radius 1 is 1.17 bits per heavy atom. The molecule has 0 unspecified atom stereocenters. The van der Waals surface area contributed by atoms with Crippen LogP contribution < -0.4 is 19.5 Å². The highest BCUT2D eigenvalue weighted by Crippen LogP contribution is 2.38. The molecule has 0 atom stereocenters. The van der Waals surface area contributed by atoms with Gasteiger partial charge in [-0.05, 0) is 43.2 Å². The van der Waals surface area contributed by atoms with Crippen molar-refractivity contribution in [3.05, 3.63) is 45.9 Å². The maximum atomic E-state index is 12.4. The van der Waals surface area contributed by atoms with Crippen LogP contribution in [-0.2, 0) is 4.79 Å². The fourth-order valence-corrected chi connectivity index (χ4v) is 3.99. The summed E-state index contributed by atoms with van der Waals surface area (Å²) in [5, 5.41) is 3.37. The lowest BCUT2D eigenvalue weighted by atomic mass is 10.1. The Balaban J connectivity index is 1.51. The standard InChI is InChI=1S/C21H24BrClN2O4/c1-27-18-4-3-5-19(28-2)21(18)29-15-8-10-25(11-9-15)13-20(26)24-17-7-6-14(22)12-16(17)23/h3-7,12,15H,8-11,13H2,1-2H3,(H,24,26). The van der Waals surface area contributed by atoms with Crippen LogP contribution in [0.3, 0.4) is 0 Å². The molecule has 2 aromatic carbocycles. The quantitative estimate of drug-likeness (QED) is 0.624. The summed E-state index contributed by atoms with van der Waals surface area (Å²) in [6.07, 6.45) is 1.67. The zero-order chi connectivity index (χ0) is 20.8. The summed E-state index contributed by atoms with van der Waals surface area (Å²) in [6, 6.07) is 11.0. The molecule has 3 rings (SSSR count). The van der Waals surface area contributed by atoms with E-state index in [-0.39, 0.29) is 12.0 Å². The van der Waals surface area contributed by atoms with Crippen molar-refractivity contribution in [2.24, 2.45) is 0 Å². The molecule has 29 heavy (non-hydrogen) atoms. The topological polar surface area (TPSA) is 60.0 Å². The average molecular weight is 484 g/mol.